The average Bonchev–Trinajstić information content (AvgIpc) is 2.80. The van der Waals surface area contributed by atoms with E-state index in [9.17, 15) is 0 Å². The SMILES string of the molecule is CCCn1cccc1CNCc1ccc(C)cc1. The lowest BCUT2D eigenvalue weighted by molar-refractivity contribution is 0.602. The molecule has 96 valence electrons. The lowest BCUT2D eigenvalue weighted by Gasteiger charge is -2.09. The quantitative estimate of drug-likeness (QED) is 0.820. The maximum absolute atomic E-state index is 3.50. The molecule has 1 heterocycles. The number of benzene rings is 1. The molecule has 18 heavy (non-hydrogen) atoms. The van der Waals surface area contributed by atoms with Gasteiger partial charge >= 0.3 is 0 Å². The molecule has 0 radical (unpaired) electrons. The lowest BCUT2D eigenvalue weighted by atomic mass is 10.1. The fourth-order valence-corrected chi connectivity index (χ4v) is 2.11. The monoisotopic (exact) mass is 242 g/mol. The Balaban J connectivity index is 1.84. The molecule has 2 rings (SSSR count). The van der Waals surface area contributed by atoms with Crippen LogP contribution in [0.5, 0.6) is 0 Å². The highest BCUT2D eigenvalue weighted by Crippen LogP contribution is 2.05. The van der Waals surface area contributed by atoms with E-state index in [0.717, 1.165) is 19.6 Å². The summed E-state index contributed by atoms with van der Waals surface area (Å²) in [5.74, 6) is 0. The van der Waals surface area contributed by atoms with Crippen LogP contribution in [0.25, 0.3) is 0 Å². The minimum Gasteiger partial charge on any atom is -0.350 e. The van der Waals surface area contributed by atoms with Gasteiger partial charge in [0.05, 0.1) is 0 Å². The van der Waals surface area contributed by atoms with Gasteiger partial charge in [-0.25, -0.2) is 0 Å². The van der Waals surface area contributed by atoms with Crippen LogP contribution in [0.15, 0.2) is 42.6 Å². The summed E-state index contributed by atoms with van der Waals surface area (Å²) in [6, 6.07) is 13.0. The van der Waals surface area contributed by atoms with Crippen LogP contribution in [0.3, 0.4) is 0 Å². The van der Waals surface area contributed by atoms with Gasteiger partial charge in [-0.15, -0.1) is 0 Å². The van der Waals surface area contributed by atoms with Gasteiger partial charge < -0.3 is 9.88 Å². The second-order valence-electron chi connectivity index (χ2n) is 4.78. The van der Waals surface area contributed by atoms with E-state index < -0.39 is 0 Å². The molecule has 2 heteroatoms. The number of aryl methyl sites for hydroxylation is 2. The normalized spacial score (nSPS) is 10.8. The molecule has 1 N–H and O–H groups in total. The molecule has 0 saturated carbocycles. The maximum Gasteiger partial charge on any atom is 0.0362 e. The van der Waals surface area contributed by atoms with Gasteiger partial charge in [-0.3, -0.25) is 0 Å². The van der Waals surface area contributed by atoms with Crippen molar-refractivity contribution in [2.24, 2.45) is 0 Å². The Hall–Kier alpha value is -1.54. The molecule has 0 aliphatic heterocycles. The Morgan fingerprint density at radius 3 is 2.56 bits per heavy atom. The first kappa shape index (κ1) is 12.9. The van der Waals surface area contributed by atoms with E-state index in [-0.39, 0.29) is 0 Å². The fourth-order valence-electron chi connectivity index (χ4n) is 2.11. The maximum atomic E-state index is 3.50. The molecular weight excluding hydrogens is 220 g/mol. The van der Waals surface area contributed by atoms with Crippen molar-refractivity contribution in [3.8, 4) is 0 Å². The Kier molecular flexibility index (Phi) is 4.59. The minimum atomic E-state index is 0.928. The molecule has 1 aromatic heterocycles. The summed E-state index contributed by atoms with van der Waals surface area (Å²) in [6.07, 6.45) is 3.34. The summed E-state index contributed by atoms with van der Waals surface area (Å²) in [5.41, 5.74) is 4.02. The summed E-state index contributed by atoms with van der Waals surface area (Å²) >= 11 is 0. The van der Waals surface area contributed by atoms with Crippen LogP contribution in [-0.4, -0.2) is 4.57 Å². The van der Waals surface area contributed by atoms with Gasteiger partial charge in [-0.05, 0) is 31.0 Å². The van der Waals surface area contributed by atoms with Gasteiger partial charge in [-0.2, -0.15) is 0 Å². The van der Waals surface area contributed by atoms with Crippen molar-refractivity contribution in [1.29, 1.82) is 0 Å². The molecule has 0 aliphatic rings. The summed E-state index contributed by atoms with van der Waals surface area (Å²) in [7, 11) is 0. The van der Waals surface area contributed by atoms with Crippen molar-refractivity contribution in [2.45, 2.75) is 39.9 Å². The van der Waals surface area contributed by atoms with E-state index >= 15 is 0 Å². The van der Waals surface area contributed by atoms with E-state index in [2.05, 4.69) is 66.3 Å². The van der Waals surface area contributed by atoms with Crippen molar-refractivity contribution in [3.63, 3.8) is 0 Å². The number of aromatic nitrogens is 1. The number of nitrogens with one attached hydrogen (secondary N) is 1. The predicted molar refractivity (Wildman–Crippen MR) is 76.4 cm³/mol. The van der Waals surface area contributed by atoms with E-state index in [4.69, 9.17) is 0 Å². The standard InChI is InChI=1S/C16H22N2/c1-3-10-18-11-4-5-16(18)13-17-12-15-8-6-14(2)7-9-15/h4-9,11,17H,3,10,12-13H2,1-2H3. The van der Waals surface area contributed by atoms with E-state index in [1.54, 1.807) is 0 Å². The summed E-state index contributed by atoms with van der Waals surface area (Å²) in [5, 5.41) is 3.50. The lowest BCUT2D eigenvalue weighted by Crippen LogP contribution is -2.15. The molecule has 0 saturated heterocycles. The smallest absolute Gasteiger partial charge is 0.0362 e. The number of hydrogen-bond acceptors (Lipinski definition) is 1. The zero-order chi connectivity index (χ0) is 12.8. The van der Waals surface area contributed by atoms with Gasteiger partial charge in [0.2, 0.25) is 0 Å². The molecule has 0 amide bonds. The van der Waals surface area contributed by atoms with Crippen LogP contribution in [0, 0.1) is 6.92 Å². The van der Waals surface area contributed by atoms with Crippen LogP contribution in [0.1, 0.15) is 30.2 Å². The summed E-state index contributed by atoms with van der Waals surface area (Å²) < 4.78 is 2.32. The highest BCUT2D eigenvalue weighted by molar-refractivity contribution is 5.21. The first-order chi connectivity index (χ1) is 8.79. The topological polar surface area (TPSA) is 17.0 Å². The van der Waals surface area contributed by atoms with Crippen molar-refractivity contribution < 1.29 is 0 Å². The number of hydrogen-bond donors (Lipinski definition) is 1. The van der Waals surface area contributed by atoms with Gasteiger partial charge in [0.1, 0.15) is 0 Å². The zero-order valence-electron chi connectivity index (χ0n) is 11.3. The van der Waals surface area contributed by atoms with E-state index in [0.29, 0.717) is 0 Å². The highest BCUT2D eigenvalue weighted by Gasteiger charge is 1.99. The molecule has 0 bridgehead atoms. The highest BCUT2D eigenvalue weighted by atomic mass is 15.0. The summed E-state index contributed by atoms with van der Waals surface area (Å²) in [6.45, 7) is 7.30. The molecule has 0 fully saturated rings. The molecule has 0 aliphatic carbocycles. The predicted octanol–water partition coefficient (Wildman–Crippen LogP) is 3.50. The molecular formula is C16H22N2. The Bertz CT molecular complexity index is 468. The van der Waals surface area contributed by atoms with Crippen LogP contribution >= 0.6 is 0 Å². The van der Waals surface area contributed by atoms with Crippen molar-refractivity contribution in [3.05, 3.63) is 59.4 Å². The second kappa shape index (κ2) is 6.41. The van der Waals surface area contributed by atoms with Crippen molar-refractivity contribution >= 4 is 0 Å². The molecule has 2 aromatic rings. The largest absolute Gasteiger partial charge is 0.350 e. The van der Waals surface area contributed by atoms with Crippen LogP contribution in [0.2, 0.25) is 0 Å². The van der Waals surface area contributed by atoms with Gasteiger partial charge in [-0.1, -0.05) is 36.8 Å². The number of rotatable bonds is 6. The van der Waals surface area contributed by atoms with Crippen molar-refractivity contribution in [2.75, 3.05) is 0 Å². The second-order valence-corrected chi connectivity index (χ2v) is 4.78. The summed E-state index contributed by atoms with van der Waals surface area (Å²) in [4.78, 5) is 0. The molecule has 0 atom stereocenters. The van der Waals surface area contributed by atoms with Crippen LogP contribution in [0.4, 0.5) is 0 Å². The Labute approximate surface area is 110 Å². The average molecular weight is 242 g/mol. The van der Waals surface area contributed by atoms with Crippen LogP contribution in [-0.2, 0) is 19.6 Å². The minimum absolute atomic E-state index is 0.928. The molecule has 0 spiro atoms. The van der Waals surface area contributed by atoms with Gasteiger partial charge in [0, 0.05) is 31.5 Å². The van der Waals surface area contributed by atoms with Crippen molar-refractivity contribution in [1.82, 2.24) is 9.88 Å². The Morgan fingerprint density at radius 1 is 1.06 bits per heavy atom. The molecule has 1 aromatic carbocycles. The third kappa shape index (κ3) is 3.47. The molecule has 0 unspecified atom stereocenters. The fraction of sp³-hybridized carbons (Fsp3) is 0.375. The number of nitrogens with zero attached hydrogens (tertiary/aromatic N) is 1. The first-order valence-corrected chi connectivity index (χ1v) is 6.70. The Morgan fingerprint density at radius 2 is 1.83 bits per heavy atom. The van der Waals surface area contributed by atoms with Crippen LogP contribution < -0.4 is 5.32 Å². The zero-order valence-corrected chi connectivity index (χ0v) is 11.3. The van der Waals surface area contributed by atoms with E-state index in [1.165, 1.54) is 23.2 Å². The third-order valence-corrected chi connectivity index (χ3v) is 3.14. The first-order valence-electron chi connectivity index (χ1n) is 6.70. The third-order valence-electron chi connectivity index (χ3n) is 3.14. The molecule has 2 nitrogen and oxygen atoms in total. The van der Waals surface area contributed by atoms with E-state index in [1.807, 2.05) is 0 Å². The van der Waals surface area contributed by atoms with Gasteiger partial charge in [0.15, 0.2) is 0 Å². The van der Waals surface area contributed by atoms with Gasteiger partial charge in [0.25, 0.3) is 0 Å².